The number of piperazine rings is 1. The third kappa shape index (κ3) is 5.15. The molecule has 3 fully saturated rings. The van der Waals surface area contributed by atoms with Gasteiger partial charge in [-0.15, -0.1) is 0 Å². The number of likely N-dealkylation sites (tertiary alicyclic amines) is 2. The summed E-state index contributed by atoms with van der Waals surface area (Å²) in [7, 11) is 0. The molecule has 0 aromatic heterocycles. The summed E-state index contributed by atoms with van der Waals surface area (Å²) in [6.45, 7) is 6.40. The fourth-order valence-corrected chi connectivity index (χ4v) is 6.88. The first-order valence-corrected chi connectivity index (χ1v) is 13.9. The number of allylic oxidation sites excluding steroid dienone is 4. The summed E-state index contributed by atoms with van der Waals surface area (Å²) in [5.74, 6) is -1.20. The van der Waals surface area contributed by atoms with E-state index in [0.717, 1.165) is 52.1 Å². The molecule has 0 radical (unpaired) electrons. The molecule has 5 aliphatic rings. The van der Waals surface area contributed by atoms with Crippen LogP contribution < -0.4 is 0 Å². The van der Waals surface area contributed by atoms with E-state index in [-0.39, 0.29) is 47.3 Å². The Morgan fingerprint density at radius 3 is 1.33 bits per heavy atom. The van der Waals surface area contributed by atoms with E-state index in [1.165, 1.54) is 9.80 Å². The average Bonchev–Trinajstić information content (AvgIpc) is 3.24. The summed E-state index contributed by atoms with van der Waals surface area (Å²) in [6, 6.07) is 0. The van der Waals surface area contributed by atoms with Crippen molar-refractivity contribution in [3.05, 3.63) is 22.2 Å². The average molecular weight is 537 g/mol. The van der Waals surface area contributed by atoms with Crippen LogP contribution in [0.4, 0.5) is 0 Å². The van der Waals surface area contributed by atoms with Crippen molar-refractivity contribution in [1.82, 2.24) is 19.6 Å². The third-order valence-electron chi connectivity index (χ3n) is 8.50. The Balaban J connectivity index is 0.987. The van der Waals surface area contributed by atoms with E-state index >= 15 is 0 Å². The standard InChI is InChI=1S/C26H34Cl2N4O4/c27-17-3-5-19-21(15-17)25(35)31(23(19)33)9-1-7-29-11-13-30(14-12-29)8-2-10-32-24(34)20-6-4-18(28)16-22(20)26(32)36/h3-4,19-22H,1-2,5-16H2/t19-,20+,21-,22-/m0/s1. The Labute approximate surface area is 222 Å². The highest BCUT2D eigenvalue weighted by molar-refractivity contribution is 6.30. The maximum Gasteiger partial charge on any atom is 0.233 e. The zero-order valence-electron chi connectivity index (χ0n) is 20.5. The minimum Gasteiger partial charge on any atom is -0.301 e. The molecular formula is C26H34Cl2N4O4. The topological polar surface area (TPSA) is 81.2 Å². The van der Waals surface area contributed by atoms with Gasteiger partial charge in [0.15, 0.2) is 0 Å². The lowest BCUT2D eigenvalue weighted by atomic mass is 9.85. The molecule has 3 aliphatic heterocycles. The molecule has 0 aromatic rings. The van der Waals surface area contributed by atoms with Crippen LogP contribution in [0, 0.1) is 23.7 Å². The summed E-state index contributed by atoms with van der Waals surface area (Å²) in [5.41, 5.74) is 0. The van der Waals surface area contributed by atoms with Crippen molar-refractivity contribution < 1.29 is 19.2 Å². The number of carbonyl (C=O) groups is 4. The summed E-state index contributed by atoms with van der Waals surface area (Å²) in [4.78, 5) is 58.4. The van der Waals surface area contributed by atoms with Gasteiger partial charge in [-0.05, 0) is 51.6 Å². The van der Waals surface area contributed by atoms with Crippen LogP contribution in [-0.4, -0.2) is 95.6 Å². The molecule has 4 atom stereocenters. The largest absolute Gasteiger partial charge is 0.301 e. The van der Waals surface area contributed by atoms with Crippen LogP contribution in [-0.2, 0) is 19.2 Å². The van der Waals surface area contributed by atoms with E-state index in [2.05, 4.69) is 9.80 Å². The molecule has 36 heavy (non-hydrogen) atoms. The molecule has 8 nitrogen and oxygen atoms in total. The van der Waals surface area contributed by atoms with Crippen molar-refractivity contribution >= 4 is 46.8 Å². The Kier molecular flexibility index (Phi) is 7.86. The summed E-state index contributed by atoms with van der Waals surface area (Å²) in [6.07, 6.45) is 7.41. The van der Waals surface area contributed by atoms with Crippen molar-refractivity contribution in [2.24, 2.45) is 23.7 Å². The molecule has 2 aliphatic carbocycles. The van der Waals surface area contributed by atoms with Crippen LogP contribution in [0.15, 0.2) is 22.2 Å². The van der Waals surface area contributed by atoms with Crippen molar-refractivity contribution in [3.63, 3.8) is 0 Å². The molecule has 3 heterocycles. The zero-order valence-corrected chi connectivity index (χ0v) is 22.1. The smallest absolute Gasteiger partial charge is 0.233 e. The molecule has 10 heteroatoms. The predicted molar refractivity (Wildman–Crippen MR) is 136 cm³/mol. The highest BCUT2D eigenvalue weighted by Gasteiger charge is 2.49. The Morgan fingerprint density at radius 2 is 0.944 bits per heavy atom. The molecule has 0 bridgehead atoms. The summed E-state index contributed by atoms with van der Waals surface area (Å²) >= 11 is 12.2. The van der Waals surface area contributed by atoms with E-state index in [9.17, 15) is 19.2 Å². The van der Waals surface area contributed by atoms with Crippen molar-refractivity contribution in [2.45, 2.75) is 38.5 Å². The minimum absolute atomic E-state index is 0.0381. The second kappa shape index (κ2) is 10.9. The number of imide groups is 2. The monoisotopic (exact) mass is 536 g/mol. The van der Waals surface area contributed by atoms with Gasteiger partial charge in [-0.1, -0.05) is 35.4 Å². The van der Waals surface area contributed by atoms with E-state index in [1.54, 1.807) is 0 Å². The maximum atomic E-state index is 12.7. The lowest BCUT2D eigenvalue weighted by molar-refractivity contribution is -0.141. The molecular weight excluding hydrogens is 503 g/mol. The molecule has 0 saturated carbocycles. The molecule has 5 rings (SSSR count). The number of amides is 4. The predicted octanol–water partition coefficient (Wildman–Crippen LogP) is 2.42. The minimum atomic E-state index is -0.275. The summed E-state index contributed by atoms with van der Waals surface area (Å²) in [5, 5.41) is 1.38. The van der Waals surface area contributed by atoms with Gasteiger partial charge in [0.25, 0.3) is 0 Å². The first kappa shape index (κ1) is 25.9. The number of rotatable bonds is 8. The Bertz CT molecular complexity index is 912. The van der Waals surface area contributed by atoms with Crippen molar-refractivity contribution in [3.8, 4) is 0 Å². The van der Waals surface area contributed by atoms with Gasteiger partial charge < -0.3 is 9.80 Å². The first-order valence-electron chi connectivity index (χ1n) is 13.2. The first-order chi connectivity index (χ1) is 17.3. The number of nitrogens with zero attached hydrogens (tertiary/aromatic N) is 4. The van der Waals surface area contributed by atoms with Crippen LogP contribution in [0.2, 0.25) is 0 Å². The second-order valence-electron chi connectivity index (χ2n) is 10.7. The molecule has 0 N–H and O–H groups in total. The number of fused-ring (bicyclic) bond motifs is 2. The quantitative estimate of drug-likeness (QED) is 0.443. The summed E-state index contributed by atoms with van der Waals surface area (Å²) < 4.78 is 0. The molecule has 0 spiro atoms. The van der Waals surface area contributed by atoms with Crippen LogP contribution >= 0.6 is 23.2 Å². The lowest BCUT2D eigenvalue weighted by Crippen LogP contribution is -2.47. The number of halogens is 2. The van der Waals surface area contributed by atoms with Crippen molar-refractivity contribution in [1.29, 1.82) is 0 Å². The number of hydrogen-bond acceptors (Lipinski definition) is 6. The Morgan fingerprint density at radius 1 is 0.583 bits per heavy atom. The van der Waals surface area contributed by atoms with E-state index < -0.39 is 0 Å². The van der Waals surface area contributed by atoms with Crippen LogP contribution in [0.5, 0.6) is 0 Å². The van der Waals surface area contributed by atoms with E-state index in [1.807, 2.05) is 12.2 Å². The van der Waals surface area contributed by atoms with E-state index in [0.29, 0.717) is 48.8 Å². The number of hydrogen-bond donors (Lipinski definition) is 0. The SMILES string of the molecule is O=C1[C@H]2CC=C(Cl)C[C@@H]2C(=O)N1CCCN1CCN(CCCN2C(=O)[C@H]3CC(Cl)=CC[C@H]3C2=O)CC1. The molecule has 0 aromatic carbocycles. The van der Waals surface area contributed by atoms with Crippen LogP contribution in [0.25, 0.3) is 0 Å². The van der Waals surface area contributed by atoms with E-state index in [4.69, 9.17) is 23.2 Å². The maximum absolute atomic E-state index is 12.7. The fraction of sp³-hybridized carbons (Fsp3) is 0.692. The van der Waals surface area contributed by atoms with Gasteiger partial charge in [-0.2, -0.15) is 0 Å². The molecule has 196 valence electrons. The normalized spacial score (nSPS) is 31.6. The highest BCUT2D eigenvalue weighted by Crippen LogP contribution is 2.40. The Hall–Kier alpha value is -1.74. The second-order valence-corrected chi connectivity index (χ2v) is 11.6. The van der Waals surface area contributed by atoms with Gasteiger partial charge in [0.1, 0.15) is 0 Å². The van der Waals surface area contributed by atoms with Gasteiger partial charge in [0, 0.05) is 49.3 Å². The third-order valence-corrected chi connectivity index (χ3v) is 9.11. The van der Waals surface area contributed by atoms with Crippen LogP contribution in [0.1, 0.15) is 38.5 Å². The molecule has 0 unspecified atom stereocenters. The van der Waals surface area contributed by atoms with Crippen molar-refractivity contribution in [2.75, 3.05) is 52.4 Å². The molecule has 3 saturated heterocycles. The van der Waals surface area contributed by atoms with Gasteiger partial charge in [-0.25, -0.2) is 0 Å². The highest BCUT2D eigenvalue weighted by atomic mass is 35.5. The molecule has 4 amide bonds. The van der Waals surface area contributed by atoms with Gasteiger partial charge >= 0.3 is 0 Å². The van der Waals surface area contributed by atoms with Gasteiger partial charge in [0.05, 0.1) is 23.7 Å². The van der Waals surface area contributed by atoms with Crippen LogP contribution in [0.3, 0.4) is 0 Å². The van der Waals surface area contributed by atoms with Gasteiger partial charge in [-0.3, -0.25) is 29.0 Å². The zero-order chi connectivity index (χ0) is 25.4. The fourth-order valence-electron chi connectivity index (χ4n) is 6.37. The van der Waals surface area contributed by atoms with Gasteiger partial charge in [0.2, 0.25) is 23.6 Å². The number of carbonyl (C=O) groups excluding carboxylic acids is 4. The lowest BCUT2D eigenvalue weighted by Gasteiger charge is -2.35.